The first-order chi connectivity index (χ1) is 14.8. The number of nitrogens with one attached hydrogen (secondary N) is 1. The molecule has 0 fully saturated rings. The van der Waals surface area contributed by atoms with Crippen LogP contribution in [0.2, 0.25) is 0 Å². The van der Waals surface area contributed by atoms with E-state index in [0.717, 1.165) is 6.07 Å². The van der Waals surface area contributed by atoms with Gasteiger partial charge in [-0.25, -0.2) is 4.98 Å². The van der Waals surface area contributed by atoms with Crippen LogP contribution in [0.15, 0.2) is 54.0 Å². The molecule has 3 aromatic rings. The molecular weight excluding hydrogens is 429 g/mol. The van der Waals surface area contributed by atoms with Crippen LogP contribution in [0, 0.1) is 0 Å². The number of hydrogen-bond donors (Lipinski definition) is 1. The molecule has 1 aromatic carbocycles. The maximum Gasteiger partial charge on any atom is 0.418 e. The van der Waals surface area contributed by atoms with Gasteiger partial charge in [-0.1, -0.05) is 18.2 Å². The van der Waals surface area contributed by atoms with Crippen LogP contribution in [0.5, 0.6) is 0 Å². The fourth-order valence-electron chi connectivity index (χ4n) is 2.84. The highest BCUT2D eigenvalue weighted by molar-refractivity contribution is 7.13. The lowest BCUT2D eigenvalue weighted by atomic mass is 10.1. The lowest BCUT2D eigenvalue weighted by Crippen LogP contribution is -2.39. The van der Waals surface area contributed by atoms with Crippen LogP contribution < -0.4 is 5.32 Å². The topological polar surface area (TPSA) is 75.2 Å². The number of aromatic nitrogens is 2. The number of benzene rings is 1. The summed E-state index contributed by atoms with van der Waals surface area (Å²) in [5.74, 6) is -1.06. The Bertz CT molecular complexity index is 1050. The zero-order valence-corrected chi connectivity index (χ0v) is 17.3. The fraction of sp³-hybridized carbons (Fsp3) is 0.238. The number of likely N-dealkylation sites (N-methyl/N-ethyl adjacent to an activating group) is 1. The number of hydrogen-bond acceptors (Lipinski definition) is 5. The fourth-order valence-corrected chi connectivity index (χ4v) is 3.64. The van der Waals surface area contributed by atoms with E-state index < -0.39 is 17.6 Å². The number of nitrogens with zero attached hydrogens (tertiary/aromatic N) is 3. The van der Waals surface area contributed by atoms with E-state index in [1.165, 1.54) is 34.4 Å². The van der Waals surface area contributed by atoms with Gasteiger partial charge in [-0.3, -0.25) is 14.6 Å². The summed E-state index contributed by atoms with van der Waals surface area (Å²) in [6.07, 6.45) is -2.97. The maximum absolute atomic E-state index is 13.1. The van der Waals surface area contributed by atoms with Crippen LogP contribution in [0.3, 0.4) is 0 Å². The molecule has 0 saturated heterocycles. The maximum atomic E-state index is 13.1. The SMILES string of the molecule is CCN(CC(=O)Nc1ccccc1C(F)(F)F)C(=O)Cc1csc(-c2ccccn2)n1. The molecule has 0 saturated carbocycles. The molecule has 0 aliphatic rings. The van der Waals surface area contributed by atoms with Crippen LogP contribution in [-0.2, 0) is 22.2 Å². The summed E-state index contributed by atoms with van der Waals surface area (Å²) in [7, 11) is 0. The third-order valence-corrected chi connectivity index (χ3v) is 5.26. The minimum absolute atomic E-state index is 0.0242. The van der Waals surface area contributed by atoms with Gasteiger partial charge in [-0.15, -0.1) is 11.3 Å². The van der Waals surface area contributed by atoms with Crippen molar-refractivity contribution < 1.29 is 22.8 Å². The summed E-state index contributed by atoms with van der Waals surface area (Å²) in [6.45, 7) is 1.55. The average molecular weight is 448 g/mol. The minimum Gasteiger partial charge on any atom is -0.333 e. The van der Waals surface area contributed by atoms with Gasteiger partial charge in [-0.2, -0.15) is 13.2 Å². The number of carbonyl (C=O) groups excluding carboxylic acids is 2. The van der Waals surface area contributed by atoms with Crippen molar-refractivity contribution in [3.05, 3.63) is 65.3 Å². The number of thiazole rings is 1. The average Bonchev–Trinajstić information content (AvgIpc) is 3.20. The highest BCUT2D eigenvalue weighted by Crippen LogP contribution is 2.34. The van der Waals surface area contributed by atoms with Crippen LogP contribution in [0.4, 0.5) is 18.9 Å². The van der Waals surface area contributed by atoms with E-state index in [0.29, 0.717) is 16.4 Å². The van der Waals surface area contributed by atoms with Crippen molar-refractivity contribution in [3.63, 3.8) is 0 Å². The van der Waals surface area contributed by atoms with Crippen molar-refractivity contribution in [2.24, 2.45) is 0 Å². The van der Waals surface area contributed by atoms with Gasteiger partial charge < -0.3 is 10.2 Å². The summed E-state index contributed by atoms with van der Waals surface area (Å²) < 4.78 is 39.3. The Kier molecular flexibility index (Phi) is 7.01. The van der Waals surface area contributed by atoms with E-state index in [-0.39, 0.29) is 31.1 Å². The van der Waals surface area contributed by atoms with Crippen molar-refractivity contribution in [1.29, 1.82) is 0 Å². The van der Waals surface area contributed by atoms with Gasteiger partial charge in [0.2, 0.25) is 11.8 Å². The second-order valence-electron chi connectivity index (χ2n) is 6.54. The molecule has 0 bridgehead atoms. The van der Waals surface area contributed by atoms with Gasteiger partial charge in [0, 0.05) is 18.1 Å². The van der Waals surface area contributed by atoms with Crippen molar-refractivity contribution in [2.75, 3.05) is 18.4 Å². The molecule has 6 nitrogen and oxygen atoms in total. The Balaban J connectivity index is 1.63. The standard InChI is InChI=1S/C21H19F3N4O2S/c1-2-28(12-18(29)27-16-8-4-3-7-15(16)21(22,23)24)19(30)11-14-13-31-20(26-14)17-9-5-6-10-25-17/h3-10,13H,2,11-12H2,1H3,(H,27,29). The second-order valence-corrected chi connectivity index (χ2v) is 7.39. The first-order valence-corrected chi connectivity index (χ1v) is 10.3. The lowest BCUT2D eigenvalue weighted by Gasteiger charge is -2.21. The molecule has 0 spiro atoms. The summed E-state index contributed by atoms with van der Waals surface area (Å²) in [4.78, 5) is 34.8. The van der Waals surface area contributed by atoms with Gasteiger partial charge >= 0.3 is 6.18 Å². The summed E-state index contributed by atoms with van der Waals surface area (Å²) >= 11 is 1.35. The second kappa shape index (κ2) is 9.69. The third-order valence-electron chi connectivity index (χ3n) is 4.34. The molecule has 0 aliphatic heterocycles. The Hall–Kier alpha value is -3.27. The zero-order valence-electron chi connectivity index (χ0n) is 16.5. The first-order valence-electron chi connectivity index (χ1n) is 9.37. The number of alkyl halides is 3. The van der Waals surface area contributed by atoms with Crippen molar-refractivity contribution in [1.82, 2.24) is 14.9 Å². The first kappa shape index (κ1) is 22.4. The molecule has 1 N–H and O–H groups in total. The molecule has 0 unspecified atom stereocenters. The van der Waals surface area contributed by atoms with E-state index in [2.05, 4.69) is 15.3 Å². The number of halogens is 3. The lowest BCUT2D eigenvalue weighted by molar-refractivity contribution is -0.137. The number of pyridine rings is 1. The van der Waals surface area contributed by atoms with Gasteiger partial charge in [0.05, 0.1) is 35.6 Å². The van der Waals surface area contributed by atoms with Crippen LogP contribution >= 0.6 is 11.3 Å². The smallest absolute Gasteiger partial charge is 0.333 e. The highest BCUT2D eigenvalue weighted by Gasteiger charge is 2.33. The number of carbonyl (C=O) groups is 2. The van der Waals surface area contributed by atoms with E-state index in [1.54, 1.807) is 24.6 Å². The molecule has 10 heteroatoms. The molecule has 3 rings (SSSR count). The monoisotopic (exact) mass is 448 g/mol. The summed E-state index contributed by atoms with van der Waals surface area (Å²) in [5.41, 5.74) is -0.0524. The molecule has 162 valence electrons. The van der Waals surface area contributed by atoms with Crippen LogP contribution in [0.1, 0.15) is 18.2 Å². The molecule has 0 atom stereocenters. The predicted molar refractivity (Wildman–Crippen MR) is 111 cm³/mol. The minimum atomic E-state index is -4.60. The van der Waals surface area contributed by atoms with E-state index >= 15 is 0 Å². The number of rotatable bonds is 7. The van der Waals surface area contributed by atoms with E-state index in [1.807, 2.05) is 12.1 Å². The van der Waals surface area contributed by atoms with Gasteiger partial charge in [0.25, 0.3) is 0 Å². The zero-order chi connectivity index (χ0) is 22.4. The normalized spacial score (nSPS) is 11.2. The molecular formula is C21H19F3N4O2S. The van der Waals surface area contributed by atoms with Gasteiger partial charge in [0.1, 0.15) is 5.01 Å². The highest BCUT2D eigenvalue weighted by atomic mass is 32.1. The Morgan fingerprint density at radius 3 is 2.55 bits per heavy atom. The van der Waals surface area contributed by atoms with Crippen molar-refractivity contribution in [3.8, 4) is 10.7 Å². The number of para-hydroxylation sites is 1. The van der Waals surface area contributed by atoms with Crippen LogP contribution in [-0.4, -0.2) is 39.8 Å². The summed E-state index contributed by atoms with van der Waals surface area (Å²) in [5, 5.41) is 4.67. The van der Waals surface area contributed by atoms with Crippen LogP contribution in [0.25, 0.3) is 10.7 Å². The largest absolute Gasteiger partial charge is 0.418 e. The molecule has 2 heterocycles. The van der Waals surface area contributed by atoms with E-state index in [9.17, 15) is 22.8 Å². The number of amides is 2. The third kappa shape index (κ3) is 5.88. The quantitative estimate of drug-likeness (QED) is 0.586. The van der Waals surface area contributed by atoms with Gasteiger partial charge in [-0.05, 0) is 31.2 Å². The molecule has 0 aliphatic carbocycles. The Morgan fingerprint density at radius 2 is 1.87 bits per heavy atom. The van der Waals surface area contributed by atoms with Crippen molar-refractivity contribution in [2.45, 2.75) is 19.5 Å². The molecule has 2 amide bonds. The Morgan fingerprint density at radius 1 is 1.13 bits per heavy atom. The van der Waals surface area contributed by atoms with E-state index in [4.69, 9.17) is 0 Å². The van der Waals surface area contributed by atoms with Gasteiger partial charge in [0.15, 0.2) is 0 Å². The summed E-state index contributed by atoms with van der Waals surface area (Å²) in [6, 6.07) is 10.1. The molecule has 0 radical (unpaired) electrons. The molecule has 2 aromatic heterocycles. The Labute approximate surface area is 180 Å². The van der Waals surface area contributed by atoms with Crippen molar-refractivity contribution >= 4 is 28.8 Å². The predicted octanol–water partition coefficient (Wildman–Crippen LogP) is 4.25. The number of anilines is 1. The molecule has 31 heavy (non-hydrogen) atoms.